The third kappa shape index (κ3) is 4.06. The number of carbonyl (C=O) groups is 2. The maximum Gasteiger partial charge on any atom is 0.306 e. The number of carboxylic acids is 1. The molecule has 2 unspecified atom stereocenters. The summed E-state index contributed by atoms with van der Waals surface area (Å²) in [6.45, 7) is 4.29. The normalized spacial score (nSPS) is 18.9. The molecular formula is C16H23NO3S. The van der Waals surface area contributed by atoms with Crippen molar-refractivity contribution in [1.82, 2.24) is 5.32 Å². The minimum Gasteiger partial charge on any atom is -0.481 e. The number of carboxylic acid groups (broad SMARTS) is 1. The highest BCUT2D eigenvalue weighted by Crippen LogP contribution is 2.33. The third-order valence-electron chi connectivity index (χ3n) is 4.27. The summed E-state index contributed by atoms with van der Waals surface area (Å²) < 4.78 is 0. The first-order valence-electron chi connectivity index (χ1n) is 7.63. The Morgan fingerprint density at radius 3 is 2.95 bits per heavy atom. The van der Waals surface area contributed by atoms with Gasteiger partial charge >= 0.3 is 5.97 Å². The quantitative estimate of drug-likeness (QED) is 0.848. The Bertz CT molecular complexity index is 524. The molecule has 21 heavy (non-hydrogen) atoms. The Balaban J connectivity index is 1.89. The van der Waals surface area contributed by atoms with Crippen molar-refractivity contribution in [3.63, 3.8) is 0 Å². The van der Waals surface area contributed by atoms with Crippen LogP contribution < -0.4 is 5.32 Å². The molecular weight excluding hydrogens is 286 g/mol. The van der Waals surface area contributed by atoms with Gasteiger partial charge in [0, 0.05) is 11.4 Å². The number of hydrogen-bond donors (Lipinski definition) is 2. The first-order valence-corrected chi connectivity index (χ1v) is 8.45. The van der Waals surface area contributed by atoms with Crippen molar-refractivity contribution >= 4 is 23.2 Å². The van der Waals surface area contributed by atoms with Gasteiger partial charge < -0.3 is 10.4 Å². The average molecular weight is 309 g/mol. The molecule has 0 saturated carbocycles. The summed E-state index contributed by atoms with van der Waals surface area (Å²) >= 11 is 1.59. The lowest BCUT2D eigenvalue weighted by molar-refractivity contribution is -0.141. The summed E-state index contributed by atoms with van der Waals surface area (Å²) in [5.74, 6) is -0.562. The predicted octanol–water partition coefficient (Wildman–Crippen LogP) is 3.10. The van der Waals surface area contributed by atoms with Crippen molar-refractivity contribution in [2.45, 2.75) is 46.0 Å². The fourth-order valence-corrected chi connectivity index (χ4v) is 3.80. The van der Waals surface area contributed by atoms with Gasteiger partial charge in [0.05, 0.1) is 10.8 Å². The van der Waals surface area contributed by atoms with E-state index in [1.165, 1.54) is 23.3 Å². The Morgan fingerprint density at radius 1 is 1.52 bits per heavy atom. The molecule has 4 nitrogen and oxygen atoms in total. The molecule has 0 spiro atoms. The summed E-state index contributed by atoms with van der Waals surface area (Å²) in [5.41, 5.74) is 1.34. The number of hydrogen-bond acceptors (Lipinski definition) is 3. The van der Waals surface area contributed by atoms with Gasteiger partial charge in [0.2, 0.25) is 0 Å². The lowest BCUT2D eigenvalue weighted by Gasteiger charge is -2.19. The number of aliphatic carboxylic acids is 1. The van der Waals surface area contributed by atoms with Crippen LogP contribution >= 0.6 is 11.3 Å². The minimum atomic E-state index is -0.818. The summed E-state index contributed by atoms with van der Waals surface area (Å²) in [6, 6.07) is 2.03. The first-order chi connectivity index (χ1) is 10.0. The smallest absolute Gasteiger partial charge is 0.306 e. The van der Waals surface area contributed by atoms with Gasteiger partial charge in [-0.3, -0.25) is 9.59 Å². The van der Waals surface area contributed by atoms with Gasteiger partial charge in [0.15, 0.2) is 0 Å². The van der Waals surface area contributed by atoms with Crippen LogP contribution in [0.15, 0.2) is 6.07 Å². The molecule has 2 atom stereocenters. The van der Waals surface area contributed by atoms with Gasteiger partial charge in [0.1, 0.15) is 0 Å². The number of aryl methyl sites for hydroxylation is 1. The standard InChI is InChI=1S/C16H23NO3S/c1-3-11-4-5-13-12(8-11)9-14(21-13)15(18)17-7-6-10(2)16(19)20/h9-11H,3-8H2,1-2H3,(H,17,18)(H,19,20). The number of rotatable bonds is 6. The van der Waals surface area contributed by atoms with Crippen molar-refractivity contribution in [2.75, 3.05) is 6.54 Å². The van der Waals surface area contributed by atoms with E-state index in [1.807, 2.05) is 6.07 Å². The topological polar surface area (TPSA) is 66.4 Å². The van der Waals surface area contributed by atoms with E-state index in [1.54, 1.807) is 18.3 Å². The molecule has 1 aliphatic carbocycles. The largest absolute Gasteiger partial charge is 0.481 e. The van der Waals surface area contributed by atoms with E-state index in [4.69, 9.17) is 5.11 Å². The minimum absolute atomic E-state index is 0.0694. The number of thiophene rings is 1. The molecule has 2 rings (SSSR count). The number of carbonyl (C=O) groups excluding carboxylic acids is 1. The van der Waals surface area contributed by atoms with Crippen LogP contribution in [-0.4, -0.2) is 23.5 Å². The number of amides is 1. The van der Waals surface area contributed by atoms with E-state index in [-0.39, 0.29) is 5.91 Å². The van der Waals surface area contributed by atoms with E-state index >= 15 is 0 Å². The molecule has 0 aliphatic heterocycles. The van der Waals surface area contributed by atoms with E-state index in [0.29, 0.717) is 13.0 Å². The Kier molecular flexibility index (Phi) is 5.39. The van der Waals surface area contributed by atoms with Crippen molar-refractivity contribution in [2.24, 2.45) is 11.8 Å². The molecule has 0 bridgehead atoms. The highest BCUT2D eigenvalue weighted by molar-refractivity contribution is 7.14. The van der Waals surface area contributed by atoms with E-state index in [9.17, 15) is 9.59 Å². The van der Waals surface area contributed by atoms with Crippen molar-refractivity contribution in [1.29, 1.82) is 0 Å². The molecule has 116 valence electrons. The highest BCUT2D eigenvalue weighted by Gasteiger charge is 2.22. The van der Waals surface area contributed by atoms with Crippen molar-refractivity contribution < 1.29 is 14.7 Å². The maximum atomic E-state index is 12.1. The third-order valence-corrected chi connectivity index (χ3v) is 5.51. The van der Waals surface area contributed by atoms with Gasteiger partial charge in [-0.25, -0.2) is 0 Å². The number of fused-ring (bicyclic) bond motifs is 1. The second kappa shape index (κ2) is 7.07. The molecule has 1 amide bonds. The van der Waals surface area contributed by atoms with E-state index in [2.05, 4.69) is 12.2 Å². The molecule has 0 fully saturated rings. The Labute approximate surface area is 129 Å². The van der Waals surface area contributed by atoms with Gasteiger partial charge in [-0.1, -0.05) is 20.3 Å². The summed E-state index contributed by atoms with van der Waals surface area (Å²) in [6.07, 6.45) is 5.06. The molecule has 1 aromatic rings. The fourth-order valence-electron chi connectivity index (χ4n) is 2.67. The summed E-state index contributed by atoms with van der Waals surface area (Å²) in [7, 11) is 0. The van der Waals surface area contributed by atoms with Crippen LogP contribution in [0.25, 0.3) is 0 Å². The molecule has 1 aliphatic rings. The highest BCUT2D eigenvalue weighted by atomic mass is 32.1. The Morgan fingerprint density at radius 2 is 2.29 bits per heavy atom. The molecule has 2 N–H and O–H groups in total. The van der Waals surface area contributed by atoms with Gasteiger partial charge in [-0.05, 0) is 43.2 Å². The molecule has 0 aromatic carbocycles. The monoisotopic (exact) mass is 309 g/mol. The lowest BCUT2D eigenvalue weighted by atomic mass is 9.87. The van der Waals surface area contributed by atoms with Gasteiger partial charge in [-0.2, -0.15) is 0 Å². The van der Waals surface area contributed by atoms with Crippen LogP contribution in [0.2, 0.25) is 0 Å². The van der Waals surface area contributed by atoms with Crippen molar-refractivity contribution in [3.8, 4) is 0 Å². The van der Waals surface area contributed by atoms with E-state index < -0.39 is 11.9 Å². The second-order valence-corrected chi connectivity index (χ2v) is 7.00. The van der Waals surface area contributed by atoms with Gasteiger partial charge in [0.25, 0.3) is 5.91 Å². The predicted molar refractivity (Wildman–Crippen MR) is 83.9 cm³/mol. The summed E-state index contributed by atoms with van der Waals surface area (Å²) in [4.78, 5) is 25.0. The van der Waals surface area contributed by atoms with Crippen LogP contribution in [0.4, 0.5) is 0 Å². The van der Waals surface area contributed by atoms with Crippen LogP contribution in [0.3, 0.4) is 0 Å². The van der Waals surface area contributed by atoms with Crippen molar-refractivity contribution in [3.05, 3.63) is 21.4 Å². The Hall–Kier alpha value is -1.36. The van der Waals surface area contributed by atoms with E-state index in [0.717, 1.165) is 23.6 Å². The average Bonchev–Trinajstić information content (AvgIpc) is 2.89. The molecule has 0 saturated heterocycles. The van der Waals surface area contributed by atoms with Gasteiger partial charge in [-0.15, -0.1) is 11.3 Å². The van der Waals surface area contributed by atoms with Crippen LogP contribution in [0, 0.1) is 11.8 Å². The molecule has 1 aromatic heterocycles. The number of nitrogens with one attached hydrogen (secondary N) is 1. The molecule has 5 heteroatoms. The first kappa shape index (κ1) is 16.0. The lowest BCUT2D eigenvalue weighted by Crippen LogP contribution is -2.26. The molecule has 1 heterocycles. The zero-order valence-electron chi connectivity index (χ0n) is 12.6. The zero-order valence-corrected chi connectivity index (χ0v) is 13.5. The molecule has 0 radical (unpaired) electrons. The zero-order chi connectivity index (χ0) is 15.4. The maximum absolute atomic E-state index is 12.1. The van der Waals surface area contributed by atoms with Crippen LogP contribution in [0.5, 0.6) is 0 Å². The van der Waals surface area contributed by atoms with Crippen LogP contribution in [0.1, 0.15) is 53.2 Å². The SMILES string of the molecule is CCC1CCc2sc(C(=O)NCCC(C)C(=O)O)cc2C1. The van der Waals surface area contributed by atoms with Crippen LogP contribution in [-0.2, 0) is 17.6 Å². The summed E-state index contributed by atoms with van der Waals surface area (Å²) in [5, 5.41) is 11.6. The fraction of sp³-hybridized carbons (Fsp3) is 0.625. The second-order valence-electron chi connectivity index (χ2n) is 5.86.